The number of ether oxygens (including phenoxy) is 1. The Morgan fingerprint density at radius 3 is 2.63 bits per heavy atom. The number of hydrogen-bond acceptors (Lipinski definition) is 2. The average Bonchev–Trinajstić information content (AvgIpc) is 2.44. The lowest BCUT2D eigenvalue weighted by Crippen LogP contribution is -2.54. The van der Waals surface area contributed by atoms with Gasteiger partial charge in [-0.3, -0.25) is 0 Å². The fourth-order valence-corrected chi connectivity index (χ4v) is 3.97. The first-order valence-electron chi connectivity index (χ1n) is 8.22. The van der Waals surface area contributed by atoms with Crippen molar-refractivity contribution in [3.63, 3.8) is 0 Å². The number of likely N-dealkylation sites (N-methyl/N-ethyl adjacent to an activating group) is 1. The highest BCUT2D eigenvalue weighted by atomic mass is 16.5. The molecule has 0 amide bonds. The van der Waals surface area contributed by atoms with Gasteiger partial charge in [-0.05, 0) is 71.3 Å². The average molecular weight is 265 g/mol. The zero-order chi connectivity index (χ0) is 13.7. The maximum Gasteiger partial charge on any atom is 0.0873 e. The van der Waals surface area contributed by atoms with Crippen molar-refractivity contribution in [2.45, 2.75) is 76.9 Å². The molecule has 0 spiro atoms. The van der Waals surface area contributed by atoms with Crippen LogP contribution in [0.5, 0.6) is 0 Å². The summed E-state index contributed by atoms with van der Waals surface area (Å²) < 4.78 is 6.32. The van der Waals surface area contributed by atoms with E-state index in [0.29, 0.717) is 6.04 Å². The molecule has 0 aromatic heterocycles. The molecule has 0 bridgehead atoms. The topological polar surface area (TPSA) is 21.3 Å². The summed E-state index contributed by atoms with van der Waals surface area (Å²) in [7, 11) is 2.11. The van der Waals surface area contributed by atoms with Crippen LogP contribution in [0.3, 0.4) is 0 Å². The second-order valence-electron chi connectivity index (χ2n) is 6.43. The molecule has 19 heavy (non-hydrogen) atoms. The third-order valence-corrected chi connectivity index (χ3v) is 5.06. The summed E-state index contributed by atoms with van der Waals surface area (Å²) in [6, 6.07) is 0.431. The van der Waals surface area contributed by atoms with Gasteiger partial charge in [0.25, 0.3) is 0 Å². The van der Waals surface area contributed by atoms with Gasteiger partial charge in [0, 0.05) is 6.61 Å². The number of allylic oxidation sites excluding steroid dienone is 1. The molecule has 0 radical (unpaired) electrons. The molecule has 2 heteroatoms. The van der Waals surface area contributed by atoms with E-state index in [4.69, 9.17) is 4.74 Å². The maximum atomic E-state index is 6.32. The summed E-state index contributed by atoms with van der Waals surface area (Å²) in [5.41, 5.74) is 1.66. The minimum Gasteiger partial charge on any atom is -0.373 e. The van der Waals surface area contributed by atoms with E-state index in [9.17, 15) is 0 Å². The fraction of sp³-hybridized carbons (Fsp3) is 0.882. The molecule has 1 unspecified atom stereocenters. The Morgan fingerprint density at radius 1 is 1.37 bits per heavy atom. The summed E-state index contributed by atoms with van der Waals surface area (Å²) in [6.45, 7) is 5.35. The smallest absolute Gasteiger partial charge is 0.0873 e. The predicted octanol–water partition coefficient (Wildman–Crippen LogP) is 4.06. The monoisotopic (exact) mass is 265 g/mol. The molecule has 0 saturated heterocycles. The van der Waals surface area contributed by atoms with Crippen LogP contribution in [0.4, 0.5) is 0 Å². The van der Waals surface area contributed by atoms with E-state index in [-0.39, 0.29) is 5.60 Å². The molecule has 2 rings (SSSR count). The van der Waals surface area contributed by atoms with Gasteiger partial charge in [0.2, 0.25) is 0 Å². The van der Waals surface area contributed by atoms with Gasteiger partial charge in [0.05, 0.1) is 11.6 Å². The maximum absolute atomic E-state index is 6.32. The quantitative estimate of drug-likeness (QED) is 0.757. The molecular formula is C17H31NO. The molecule has 0 aromatic rings. The first-order chi connectivity index (χ1) is 9.22. The van der Waals surface area contributed by atoms with E-state index < -0.39 is 0 Å². The van der Waals surface area contributed by atoms with Crippen molar-refractivity contribution in [2.24, 2.45) is 5.92 Å². The highest BCUT2D eigenvalue weighted by molar-refractivity contribution is 5.20. The zero-order valence-corrected chi connectivity index (χ0v) is 13.0. The first kappa shape index (κ1) is 15.1. The van der Waals surface area contributed by atoms with E-state index in [1.54, 1.807) is 5.57 Å². The summed E-state index contributed by atoms with van der Waals surface area (Å²) in [5, 5.41) is 3.59. The van der Waals surface area contributed by atoms with Gasteiger partial charge in [0.15, 0.2) is 0 Å². The van der Waals surface area contributed by atoms with Crippen LogP contribution in [0, 0.1) is 5.92 Å². The van der Waals surface area contributed by atoms with E-state index in [1.165, 1.54) is 51.4 Å². The molecule has 2 aliphatic rings. The summed E-state index contributed by atoms with van der Waals surface area (Å²) in [4.78, 5) is 0. The van der Waals surface area contributed by atoms with Crippen LogP contribution >= 0.6 is 0 Å². The minimum atomic E-state index is 0.0547. The minimum absolute atomic E-state index is 0.0547. The summed E-state index contributed by atoms with van der Waals surface area (Å²) in [6.07, 6.45) is 12.7. The SMILES string of the molecule is CCOC1(C(NC)C2=CCCCC2)CCC(C)CC1. The molecule has 0 heterocycles. The van der Waals surface area contributed by atoms with Crippen LogP contribution in [-0.2, 0) is 4.74 Å². The van der Waals surface area contributed by atoms with Gasteiger partial charge in [-0.1, -0.05) is 18.6 Å². The van der Waals surface area contributed by atoms with Crippen molar-refractivity contribution in [3.8, 4) is 0 Å². The molecule has 1 saturated carbocycles. The molecule has 1 atom stereocenters. The van der Waals surface area contributed by atoms with Gasteiger partial charge >= 0.3 is 0 Å². The molecule has 2 nitrogen and oxygen atoms in total. The number of nitrogens with one attached hydrogen (secondary N) is 1. The standard InChI is InChI=1S/C17H31NO/c1-4-19-17(12-10-14(2)11-13-17)16(18-3)15-8-6-5-7-9-15/h8,14,16,18H,4-7,9-13H2,1-3H3. The molecule has 2 aliphatic carbocycles. The van der Waals surface area contributed by atoms with Crippen LogP contribution in [0.15, 0.2) is 11.6 Å². The van der Waals surface area contributed by atoms with Crippen LogP contribution in [0.1, 0.15) is 65.2 Å². The molecule has 1 N–H and O–H groups in total. The first-order valence-corrected chi connectivity index (χ1v) is 8.22. The third-order valence-electron chi connectivity index (χ3n) is 5.06. The van der Waals surface area contributed by atoms with E-state index >= 15 is 0 Å². The van der Waals surface area contributed by atoms with Gasteiger partial charge in [-0.15, -0.1) is 0 Å². The van der Waals surface area contributed by atoms with Crippen LogP contribution in [0.2, 0.25) is 0 Å². The van der Waals surface area contributed by atoms with Crippen molar-refractivity contribution >= 4 is 0 Å². The van der Waals surface area contributed by atoms with Crippen LogP contribution < -0.4 is 5.32 Å². The van der Waals surface area contributed by atoms with Crippen molar-refractivity contribution in [1.82, 2.24) is 5.32 Å². The van der Waals surface area contributed by atoms with Gasteiger partial charge in [0.1, 0.15) is 0 Å². The van der Waals surface area contributed by atoms with Crippen LogP contribution in [0.25, 0.3) is 0 Å². The van der Waals surface area contributed by atoms with Crippen molar-refractivity contribution in [2.75, 3.05) is 13.7 Å². The second-order valence-corrected chi connectivity index (χ2v) is 6.43. The van der Waals surface area contributed by atoms with E-state index in [1.807, 2.05) is 0 Å². The molecular weight excluding hydrogens is 234 g/mol. The highest BCUT2D eigenvalue weighted by Crippen LogP contribution is 2.40. The summed E-state index contributed by atoms with van der Waals surface area (Å²) >= 11 is 0. The molecule has 110 valence electrons. The largest absolute Gasteiger partial charge is 0.373 e. The molecule has 0 aromatic carbocycles. The van der Waals surface area contributed by atoms with Gasteiger partial charge in [-0.2, -0.15) is 0 Å². The molecule has 1 fully saturated rings. The van der Waals surface area contributed by atoms with E-state index in [2.05, 4.69) is 32.3 Å². The number of hydrogen-bond donors (Lipinski definition) is 1. The normalized spacial score (nSPS) is 33.8. The Kier molecular flexibility index (Phi) is 5.47. The van der Waals surface area contributed by atoms with Crippen molar-refractivity contribution in [3.05, 3.63) is 11.6 Å². The predicted molar refractivity (Wildman–Crippen MR) is 81.4 cm³/mol. The zero-order valence-electron chi connectivity index (χ0n) is 13.0. The second kappa shape index (κ2) is 6.90. The Bertz CT molecular complexity index is 302. The van der Waals surface area contributed by atoms with Gasteiger partial charge < -0.3 is 10.1 Å². The Labute approximate surface area is 119 Å². The molecule has 0 aliphatic heterocycles. The van der Waals surface area contributed by atoms with Crippen molar-refractivity contribution in [1.29, 1.82) is 0 Å². The Morgan fingerprint density at radius 2 is 2.11 bits per heavy atom. The Hall–Kier alpha value is -0.340. The lowest BCUT2D eigenvalue weighted by atomic mass is 9.72. The number of rotatable bonds is 5. The van der Waals surface area contributed by atoms with Gasteiger partial charge in [-0.25, -0.2) is 0 Å². The fourth-order valence-electron chi connectivity index (χ4n) is 3.97. The lowest BCUT2D eigenvalue weighted by molar-refractivity contribution is -0.0879. The Balaban J connectivity index is 2.17. The lowest BCUT2D eigenvalue weighted by Gasteiger charge is -2.46. The summed E-state index contributed by atoms with van der Waals surface area (Å²) in [5.74, 6) is 0.867. The van der Waals surface area contributed by atoms with E-state index in [0.717, 1.165) is 12.5 Å². The highest BCUT2D eigenvalue weighted by Gasteiger charge is 2.42. The van der Waals surface area contributed by atoms with Crippen LogP contribution in [-0.4, -0.2) is 25.3 Å². The van der Waals surface area contributed by atoms with Crippen molar-refractivity contribution < 1.29 is 4.74 Å². The third kappa shape index (κ3) is 3.41.